The number of hydrogen-bond donors (Lipinski definition) is 0. The third-order valence-corrected chi connectivity index (χ3v) is 7.65. The maximum Gasteiger partial charge on any atom is 0.225 e. The molecule has 0 spiro atoms. The Morgan fingerprint density at radius 3 is 2.64 bits per heavy atom. The van der Waals surface area contributed by atoms with E-state index in [9.17, 15) is 4.79 Å². The van der Waals surface area contributed by atoms with Gasteiger partial charge in [-0.05, 0) is 60.6 Å². The lowest BCUT2D eigenvalue weighted by Gasteiger charge is -2.17. The molecule has 1 unspecified atom stereocenters. The Kier molecular flexibility index (Phi) is 5.10. The molecule has 3 aromatic heterocycles. The number of hydrogen-bond acceptors (Lipinski definition) is 4. The third kappa shape index (κ3) is 3.86. The standard InChI is InChI=1S/C29H25ClN4O2/c30-24-14-25-28(31-15-24)34(17-18-9-11-33(16-18)29(35)21-5-6-21)27(32-25)20-3-1-19(2-4-20)22-7-8-26-23(13-22)10-12-36-26/h1-4,7-8,10,12-15,18,21H,5-6,9,11,16-17H2. The summed E-state index contributed by atoms with van der Waals surface area (Å²) in [5, 5.41) is 1.66. The monoisotopic (exact) mass is 496 g/mol. The number of halogens is 1. The van der Waals surface area contributed by atoms with E-state index < -0.39 is 0 Å². The van der Waals surface area contributed by atoms with Crippen LogP contribution in [0, 0.1) is 11.8 Å². The normalized spacial score (nSPS) is 17.9. The van der Waals surface area contributed by atoms with E-state index in [0.717, 1.165) is 83.5 Å². The number of carbonyl (C=O) groups is 1. The molecule has 2 aromatic carbocycles. The van der Waals surface area contributed by atoms with Crippen molar-refractivity contribution in [3.8, 4) is 22.5 Å². The van der Waals surface area contributed by atoms with E-state index >= 15 is 0 Å². The summed E-state index contributed by atoms with van der Waals surface area (Å²) in [6.07, 6.45) is 6.49. The predicted molar refractivity (Wildman–Crippen MR) is 141 cm³/mol. The fourth-order valence-electron chi connectivity index (χ4n) is 5.37. The van der Waals surface area contributed by atoms with Gasteiger partial charge < -0.3 is 13.9 Å². The topological polar surface area (TPSA) is 64.2 Å². The molecule has 1 aliphatic carbocycles. The van der Waals surface area contributed by atoms with Crippen molar-refractivity contribution in [1.29, 1.82) is 0 Å². The fourth-order valence-corrected chi connectivity index (χ4v) is 5.52. The van der Waals surface area contributed by atoms with Crippen LogP contribution < -0.4 is 0 Å². The summed E-state index contributed by atoms with van der Waals surface area (Å²) in [5.41, 5.74) is 5.81. The number of nitrogens with zero attached hydrogens (tertiary/aromatic N) is 4. The molecular formula is C29H25ClN4O2. The first-order chi connectivity index (χ1) is 17.6. The molecule has 0 radical (unpaired) electrons. The number of likely N-dealkylation sites (tertiary alicyclic amines) is 1. The minimum absolute atomic E-state index is 0.268. The summed E-state index contributed by atoms with van der Waals surface area (Å²) in [4.78, 5) is 24.2. The van der Waals surface area contributed by atoms with Gasteiger partial charge in [0.25, 0.3) is 0 Å². The largest absolute Gasteiger partial charge is 0.464 e. The zero-order chi connectivity index (χ0) is 24.2. The molecule has 1 aliphatic heterocycles. The van der Waals surface area contributed by atoms with Crippen LogP contribution in [0.3, 0.4) is 0 Å². The average Bonchev–Trinajstić information content (AvgIpc) is 3.30. The molecule has 4 heterocycles. The second-order valence-corrected chi connectivity index (χ2v) is 10.4. The summed E-state index contributed by atoms with van der Waals surface area (Å²) in [5.74, 6) is 1.86. The quantitative estimate of drug-likeness (QED) is 0.281. The molecule has 1 saturated carbocycles. The van der Waals surface area contributed by atoms with Gasteiger partial charge in [0.05, 0.1) is 11.3 Å². The summed E-state index contributed by atoms with van der Waals surface area (Å²) < 4.78 is 7.68. The van der Waals surface area contributed by atoms with Gasteiger partial charge in [-0.15, -0.1) is 0 Å². The highest BCUT2D eigenvalue weighted by molar-refractivity contribution is 6.31. The van der Waals surface area contributed by atoms with Crippen LogP contribution in [0.2, 0.25) is 5.02 Å². The number of carbonyl (C=O) groups excluding carboxylic acids is 1. The molecule has 1 amide bonds. The Labute approximate surface area is 213 Å². The van der Waals surface area contributed by atoms with Gasteiger partial charge in [0.15, 0.2) is 5.65 Å². The first kappa shape index (κ1) is 21.6. The lowest BCUT2D eigenvalue weighted by atomic mass is 10.0. The Hall–Kier alpha value is -3.64. The van der Waals surface area contributed by atoms with Gasteiger partial charge in [-0.25, -0.2) is 9.97 Å². The minimum Gasteiger partial charge on any atom is -0.464 e. The van der Waals surface area contributed by atoms with Crippen LogP contribution in [0.15, 0.2) is 71.5 Å². The predicted octanol–water partition coefficient (Wildman–Crippen LogP) is 6.42. The molecule has 180 valence electrons. The van der Waals surface area contributed by atoms with E-state index in [2.05, 4.69) is 50.8 Å². The molecular weight excluding hydrogens is 472 g/mol. The lowest BCUT2D eigenvalue weighted by Crippen LogP contribution is -2.30. The third-order valence-electron chi connectivity index (χ3n) is 7.45. The van der Waals surface area contributed by atoms with Crippen molar-refractivity contribution in [3.05, 3.63) is 72.1 Å². The van der Waals surface area contributed by atoms with Crippen LogP contribution in [0.25, 0.3) is 44.6 Å². The van der Waals surface area contributed by atoms with Crippen molar-refractivity contribution in [2.24, 2.45) is 11.8 Å². The van der Waals surface area contributed by atoms with Gasteiger partial charge in [-0.3, -0.25) is 4.79 Å². The van der Waals surface area contributed by atoms with E-state index in [1.165, 1.54) is 0 Å². The average molecular weight is 497 g/mol. The highest BCUT2D eigenvalue weighted by Crippen LogP contribution is 2.34. The van der Waals surface area contributed by atoms with Crippen molar-refractivity contribution in [1.82, 2.24) is 19.4 Å². The molecule has 0 bridgehead atoms. The van der Waals surface area contributed by atoms with Crippen molar-refractivity contribution < 1.29 is 9.21 Å². The van der Waals surface area contributed by atoms with Gasteiger partial charge >= 0.3 is 0 Å². The summed E-state index contributed by atoms with van der Waals surface area (Å²) in [6, 6.07) is 18.6. The first-order valence-electron chi connectivity index (χ1n) is 12.5. The lowest BCUT2D eigenvalue weighted by molar-refractivity contribution is -0.131. The fraction of sp³-hybridized carbons (Fsp3) is 0.276. The van der Waals surface area contributed by atoms with Gasteiger partial charge in [-0.1, -0.05) is 41.9 Å². The van der Waals surface area contributed by atoms with Crippen LogP contribution in [0.5, 0.6) is 0 Å². The second-order valence-electron chi connectivity index (χ2n) is 10.0. The number of benzene rings is 2. The number of amides is 1. The van der Waals surface area contributed by atoms with E-state index in [1.54, 1.807) is 12.5 Å². The van der Waals surface area contributed by atoms with Crippen molar-refractivity contribution in [2.45, 2.75) is 25.8 Å². The van der Waals surface area contributed by atoms with Crippen LogP contribution in [-0.4, -0.2) is 38.4 Å². The summed E-state index contributed by atoms with van der Waals surface area (Å²) in [7, 11) is 0. The van der Waals surface area contributed by atoms with Gasteiger partial charge in [0.1, 0.15) is 16.9 Å². The van der Waals surface area contributed by atoms with E-state index in [0.29, 0.717) is 16.8 Å². The Morgan fingerprint density at radius 2 is 1.81 bits per heavy atom. The van der Waals surface area contributed by atoms with E-state index in [1.807, 2.05) is 18.2 Å². The van der Waals surface area contributed by atoms with Gasteiger partial charge in [0, 0.05) is 42.7 Å². The minimum atomic E-state index is 0.268. The molecule has 2 fully saturated rings. The van der Waals surface area contributed by atoms with Gasteiger partial charge in [-0.2, -0.15) is 0 Å². The number of fused-ring (bicyclic) bond motifs is 2. The van der Waals surface area contributed by atoms with Crippen molar-refractivity contribution in [3.63, 3.8) is 0 Å². The Bertz CT molecular complexity index is 1600. The molecule has 6 nitrogen and oxygen atoms in total. The van der Waals surface area contributed by atoms with E-state index in [4.69, 9.17) is 21.0 Å². The maximum absolute atomic E-state index is 12.6. The van der Waals surface area contributed by atoms with Crippen molar-refractivity contribution >= 4 is 39.6 Å². The Morgan fingerprint density at radius 1 is 1.00 bits per heavy atom. The van der Waals surface area contributed by atoms with E-state index in [-0.39, 0.29) is 5.92 Å². The number of furan rings is 1. The van der Waals surface area contributed by atoms with Crippen LogP contribution in [0.4, 0.5) is 0 Å². The smallest absolute Gasteiger partial charge is 0.225 e. The first-order valence-corrected chi connectivity index (χ1v) is 12.9. The molecule has 5 aromatic rings. The van der Waals surface area contributed by atoms with Crippen LogP contribution >= 0.6 is 11.6 Å². The molecule has 7 heteroatoms. The number of rotatable bonds is 5. The SMILES string of the molecule is O=C(C1CC1)N1CCC(Cn2c(-c3ccc(-c4ccc5occc5c4)cc3)nc3cc(Cl)cnc32)C1. The molecule has 7 rings (SSSR count). The Balaban J connectivity index is 1.21. The zero-order valence-corrected chi connectivity index (χ0v) is 20.5. The summed E-state index contributed by atoms with van der Waals surface area (Å²) in [6.45, 7) is 2.42. The van der Waals surface area contributed by atoms with Crippen LogP contribution in [-0.2, 0) is 11.3 Å². The van der Waals surface area contributed by atoms with Gasteiger partial charge in [0.2, 0.25) is 5.91 Å². The van der Waals surface area contributed by atoms with Crippen LogP contribution in [0.1, 0.15) is 19.3 Å². The number of aromatic nitrogens is 3. The molecule has 1 atom stereocenters. The zero-order valence-electron chi connectivity index (χ0n) is 19.7. The maximum atomic E-state index is 12.6. The molecule has 1 saturated heterocycles. The molecule has 0 N–H and O–H groups in total. The summed E-state index contributed by atoms with van der Waals surface area (Å²) >= 11 is 6.25. The number of imidazole rings is 1. The molecule has 2 aliphatic rings. The number of pyridine rings is 1. The highest BCUT2D eigenvalue weighted by atomic mass is 35.5. The molecule has 36 heavy (non-hydrogen) atoms. The van der Waals surface area contributed by atoms with Crippen molar-refractivity contribution in [2.75, 3.05) is 13.1 Å². The second kappa shape index (κ2) is 8.49. The highest BCUT2D eigenvalue weighted by Gasteiger charge is 2.36.